The van der Waals surface area contributed by atoms with Crippen molar-refractivity contribution in [3.05, 3.63) is 81.0 Å². The molecule has 8 heteroatoms. The van der Waals surface area contributed by atoms with Gasteiger partial charge in [-0.25, -0.2) is 0 Å². The van der Waals surface area contributed by atoms with Crippen LogP contribution in [0.25, 0.3) is 0 Å². The molecule has 1 N–H and O–H groups in total. The predicted octanol–water partition coefficient (Wildman–Crippen LogP) is 4.59. The van der Waals surface area contributed by atoms with Crippen molar-refractivity contribution in [2.24, 2.45) is 5.92 Å². The number of hydrogen-bond acceptors (Lipinski definition) is 4. The predicted molar refractivity (Wildman–Crippen MR) is 130 cm³/mol. The van der Waals surface area contributed by atoms with E-state index in [9.17, 15) is 14.4 Å². The Morgan fingerprint density at radius 3 is 2.64 bits per heavy atom. The van der Waals surface area contributed by atoms with Gasteiger partial charge >= 0.3 is 0 Å². The van der Waals surface area contributed by atoms with Crippen LogP contribution in [0.3, 0.4) is 0 Å². The number of anilines is 2. The molecule has 0 aliphatic carbocycles. The van der Waals surface area contributed by atoms with E-state index in [0.717, 1.165) is 22.5 Å². The van der Waals surface area contributed by atoms with Crippen molar-refractivity contribution in [2.45, 2.75) is 19.4 Å². The maximum atomic E-state index is 12.9. The third-order valence-corrected chi connectivity index (χ3v) is 7.25. The molecule has 0 spiro atoms. The van der Waals surface area contributed by atoms with E-state index in [-0.39, 0.29) is 24.1 Å². The van der Waals surface area contributed by atoms with E-state index in [1.54, 1.807) is 29.2 Å². The second-order valence-electron chi connectivity index (χ2n) is 8.31. The first-order valence-corrected chi connectivity index (χ1v) is 12.0. The first-order valence-electron chi connectivity index (χ1n) is 10.8. The summed E-state index contributed by atoms with van der Waals surface area (Å²) in [7, 11) is 0. The minimum atomic E-state index is -0.430. The topological polar surface area (TPSA) is 69.7 Å². The number of nitrogens with one attached hydrogen (secondary N) is 1. The third-order valence-electron chi connectivity index (χ3n) is 6.14. The van der Waals surface area contributed by atoms with Crippen LogP contribution in [0.1, 0.15) is 27.2 Å². The van der Waals surface area contributed by atoms with Crippen LogP contribution in [0, 0.1) is 5.92 Å². The Balaban J connectivity index is 1.25. The standard InChI is InChI=1S/C25H22ClN3O3S/c26-19-4-7-21(8-5-19)29-15-18(13-23(29)30)24(31)27-20-6-3-16-9-10-28(14-17(16)12-20)25(32)22-2-1-11-33-22/h1-8,11-12,18H,9-10,13-15H2,(H,27,31)/t18-/m1/s1. The minimum Gasteiger partial charge on any atom is -0.333 e. The molecule has 3 aromatic rings. The summed E-state index contributed by atoms with van der Waals surface area (Å²) in [6.07, 6.45) is 0.955. The number of thiophene rings is 1. The molecule has 5 rings (SSSR count). The van der Waals surface area contributed by atoms with E-state index < -0.39 is 5.92 Å². The number of fused-ring (bicyclic) bond motifs is 1. The van der Waals surface area contributed by atoms with Crippen molar-refractivity contribution in [3.63, 3.8) is 0 Å². The molecule has 1 saturated heterocycles. The number of benzene rings is 2. The summed E-state index contributed by atoms with van der Waals surface area (Å²) in [4.78, 5) is 42.3. The van der Waals surface area contributed by atoms with E-state index in [4.69, 9.17) is 11.6 Å². The number of hydrogen-bond donors (Lipinski definition) is 1. The molecule has 0 saturated carbocycles. The zero-order chi connectivity index (χ0) is 22.9. The van der Waals surface area contributed by atoms with Gasteiger partial charge in [-0.15, -0.1) is 11.3 Å². The average molecular weight is 480 g/mol. The van der Waals surface area contributed by atoms with Crippen LogP contribution in [-0.4, -0.2) is 35.7 Å². The lowest BCUT2D eigenvalue weighted by atomic mass is 9.98. The summed E-state index contributed by atoms with van der Waals surface area (Å²) in [6.45, 7) is 1.53. The van der Waals surface area contributed by atoms with Gasteiger partial charge in [0.2, 0.25) is 11.8 Å². The lowest BCUT2D eigenvalue weighted by molar-refractivity contribution is -0.122. The van der Waals surface area contributed by atoms with Gasteiger partial charge in [-0.1, -0.05) is 23.7 Å². The highest BCUT2D eigenvalue weighted by Crippen LogP contribution is 2.28. The van der Waals surface area contributed by atoms with Gasteiger partial charge in [0.05, 0.1) is 10.8 Å². The molecule has 6 nitrogen and oxygen atoms in total. The molecule has 168 valence electrons. The Morgan fingerprint density at radius 2 is 1.88 bits per heavy atom. The number of halogens is 1. The molecule has 1 aromatic heterocycles. The van der Waals surface area contributed by atoms with Crippen molar-refractivity contribution in [3.8, 4) is 0 Å². The van der Waals surface area contributed by atoms with Gasteiger partial charge in [-0.05, 0) is 65.4 Å². The molecule has 0 bridgehead atoms. The van der Waals surface area contributed by atoms with Gasteiger partial charge in [-0.2, -0.15) is 0 Å². The number of nitrogens with zero attached hydrogens (tertiary/aromatic N) is 2. The average Bonchev–Trinajstić information content (AvgIpc) is 3.49. The SMILES string of the molecule is O=C(Nc1ccc2c(c1)CN(C(=O)c1cccs1)CC2)[C@@H]1CC(=O)N(c2ccc(Cl)cc2)C1. The summed E-state index contributed by atoms with van der Waals surface area (Å²) >= 11 is 7.38. The van der Waals surface area contributed by atoms with E-state index >= 15 is 0 Å². The van der Waals surface area contributed by atoms with Crippen LogP contribution in [0.4, 0.5) is 11.4 Å². The zero-order valence-electron chi connectivity index (χ0n) is 17.8. The molecule has 2 aromatic carbocycles. The summed E-state index contributed by atoms with van der Waals surface area (Å²) < 4.78 is 0. The van der Waals surface area contributed by atoms with E-state index in [0.29, 0.717) is 30.3 Å². The molecular formula is C25H22ClN3O3S. The van der Waals surface area contributed by atoms with Crippen LogP contribution in [0.15, 0.2) is 60.0 Å². The Labute approximate surface area is 200 Å². The normalized spacial score (nSPS) is 17.7. The first-order chi connectivity index (χ1) is 16.0. The van der Waals surface area contributed by atoms with E-state index in [1.807, 2.05) is 40.6 Å². The van der Waals surface area contributed by atoms with Crippen LogP contribution in [0.2, 0.25) is 5.02 Å². The van der Waals surface area contributed by atoms with Gasteiger partial charge in [-0.3, -0.25) is 14.4 Å². The number of rotatable bonds is 4. The van der Waals surface area contributed by atoms with Crippen LogP contribution in [0.5, 0.6) is 0 Å². The largest absolute Gasteiger partial charge is 0.333 e. The molecule has 3 amide bonds. The Kier molecular flexibility index (Phi) is 5.91. The van der Waals surface area contributed by atoms with Crippen LogP contribution in [-0.2, 0) is 22.6 Å². The maximum Gasteiger partial charge on any atom is 0.264 e. The lowest BCUT2D eigenvalue weighted by Crippen LogP contribution is -2.35. The van der Waals surface area contributed by atoms with Crippen molar-refractivity contribution < 1.29 is 14.4 Å². The van der Waals surface area contributed by atoms with Gasteiger partial charge in [0, 0.05) is 42.5 Å². The van der Waals surface area contributed by atoms with Crippen molar-refractivity contribution in [1.29, 1.82) is 0 Å². The molecule has 3 heterocycles. The quantitative estimate of drug-likeness (QED) is 0.595. The fraction of sp³-hybridized carbons (Fsp3) is 0.240. The number of carbonyl (C=O) groups is 3. The van der Waals surface area contributed by atoms with Gasteiger partial charge in [0.25, 0.3) is 5.91 Å². The summed E-state index contributed by atoms with van der Waals surface area (Å²) in [5, 5.41) is 5.47. The highest BCUT2D eigenvalue weighted by atomic mass is 35.5. The number of carbonyl (C=O) groups excluding carboxylic acids is 3. The van der Waals surface area contributed by atoms with Crippen LogP contribution < -0.4 is 10.2 Å². The second-order valence-corrected chi connectivity index (χ2v) is 9.69. The fourth-order valence-corrected chi connectivity index (χ4v) is 5.18. The van der Waals surface area contributed by atoms with Gasteiger partial charge < -0.3 is 15.1 Å². The Bertz CT molecular complexity index is 1210. The van der Waals surface area contributed by atoms with Crippen molar-refractivity contribution in [1.82, 2.24) is 4.90 Å². The molecule has 0 unspecified atom stereocenters. The fourth-order valence-electron chi connectivity index (χ4n) is 4.36. The third kappa shape index (κ3) is 4.51. The van der Waals surface area contributed by atoms with Crippen molar-refractivity contribution in [2.75, 3.05) is 23.3 Å². The molecule has 1 fully saturated rings. The Morgan fingerprint density at radius 1 is 1.06 bits per heavy atom. The van der Waals surface area contributed by atoms with Gasteiger partial charge in [0.15, 0.2) is 0 Å². The van der Waals surface area contributed by atoms with Gasteiger partial charge in [0.1, 0.15) is 0 Å². The molecule has 2 aliphatic rings. The van der Waals surface area contributed by atoms with Crippen molar-refractivity contribution >= 4 is 52.0 Å². The molecule has 0 radical (unpaired) electrons. The Hall–Kier alpha value is -3.16. The number of amides is 3. The first kappa shape index (κ1) is 21.7. The summed E-state index contributed by atoms with van der Waals surface area (Å²) in [5.74, 6) is -0.648. The molecule has 33 heavy (non-hydrogen) atoms. The lowest BCUT2D eigenvalue weighted by Gasteiger charge is -2.29. The smallest absolute Gasteiger partial charge is 0.264 e. The van der Waals surface area contributed by atoms with E-state index in [1.165, 1.54) is 16.9 Å². The minimum absolute atomic E-state index is 0.0387. The highest BCUT2D eigenvalue weighted by molar-refractivity contribution is 7.12. The monoisotopic (exact) mass is 479 g/mol. The highest BCUT2D eigenvalue weighted by Gasteiger charge is 2.35. The molecule has 1 atom stereocenters. The summed E-state index contributed by atoms with van der Waals surface area (Å²) in [5.41, 5.74) is 3.65. The maximum absolute atomic E-state index is 12.9. The molecular weight excluding hydrogens is 458 g/mol. The molecule has 2 aliphatic heterocycles. The summed E-state index contributed by atoms with van der Waals surface area (Å²) in [6, 6.07) is 16.6. The second kappa shape index (κ2) is 9.00. The van der Waals surface area contributed by atoms with E-state index in [2.05, 4.69) is 5.32 Å². The van der Waals surface area contributed by atoms with Crippen LogP contribution >= 0.6 is 22.9 Å². The zero-order valence-corrected chi connectivity index (χ0v) is 19.4.